The van der Waals surface area contributed by atoms with Crippen molar-refractivity contribution in [3.8, 4) is 6.07 Å². The second kappa shape index (κ2) is 6.56. The Bertz CT molecular complexity index is 991. The fourth-order valence-corrected chi connectivity index (χ4v) is 3.62. The van der Waals surface area contributed by atoms with Crippen LogP contribution < -0.4 is 5.73 Å². The van der Waals surface area contributed by atoms with E-state index in [1.165, 1.54) is 11.8 Å². The first-order valence-corrected chi connectivity index (χ1v) is 8.77. The highest BCUT2D eigenvalue weighted by molar-refractivity contribution is 7.98. The van der Waals surface area contributed by atoms with Gasteiger partial charge in [0.2, 0.25) is 0 Å². The van der Waals surface area contributed by atoms with Crippen LogP contribution in [0.1, 0.15) is 21.5 Å². The SMILES string of the molecule is CSc1c(C(=O)c2ccc(Cl)cc2)c(N)c2ccccc2c1C#N. The summed E-state index contributed by atoms with van der Waals surface area (Å²) < 4.78 is 0. The van der Waals surface area contributed by atoms with E-state index in [0.29, 0.717) is 37.7 Å². The quantitative estimate of drug-likeness (QED) is 0.413. The van der Waals surface area contributed by atoms with E-state index in [1.807, 2.05) is 30.5 Å². The smallest absolute Gasteiger partial charge is 0.196 e. The lowest BCUT2D eigenvalue weighted by atomic mass is 9.94. The van der Waals surface area contributed by atoms with Gasteiger partial charge in [-0.3, -0.25) is 4.79 Å². The van der Waals surface area contributed by atoms with Crippen LogP contribution in [0, 0.1) is 11.3 Å². The summed E-state index contributed by atoms with van der Waals surface area (Å²) in [5, 5.41) is 11.6. The second-order valence-corrected chi connectivity index (χ2v) is 6.44. The van der Waals surface area contributed by atoms with Crippen LogP contribution in [0.15, 0.2) is 53.4 Å². The Morgan fingerprint density at radius 3 is 2.33 bits per heavy atom. The third-order valence-electron chi connectivity index (χ3n) is 3.86. The number of nitriles is 1. The summed E-state index contributed by atoms with van der Waals surface area (Å²) >= 11 is 7.25. The molecule has 0 bridgehead atoms. The predicted octanol–water partition coefficient (Wildman–Crippen LogP) is 4.90. The Morgan fingerprint density at radius 2 is 1.75 bits per heavy atom. The van der Waals surface area contributed by atoms with Crippen LogP contribution in [0.4, 0.5) is 5.69 Å². The first-order chi connectivity index (χ1) is 11.6. The highest BCUT2D eigenvalue weighted by atomic mass is 35.5. The third-order valence-corrected chi connectivity index (χ3v) is 4.93. The molecule has 0 fully saturated rings. The van der Waals surface area contributed by atoms with E-state index < -0.39 is 0 Å². The van der Waals surface area contributed by atoms with Gasteiger partial charge in [-0.2, -0.15) is 5.26 Å². The van der Waals surface area contributed by atoms with Crippen LogP contribution in [0.25, 0.3) is 10.8 Å². The molecule has 0 aliphatic carbocycles. The number of halogens is 1. The maximum absolute atomic E-state index is 13.0. The lowest BCUT2D eigenvalue weighted by molar-refractivity contribution is 0.103. The van der Waals surface area contributed by atoms with E-state index in [-0.39, 0.29) is 5.78 Å². The van der Waals surface area contributed by atoms with Gasteiger partial charge in [-0.1, -0.05) is 35.9 Å². The molecule has 0 saturated carbocycles. The first-order valence-electron chi connectivity index (χ1n) is 7.17. The minimum absolute atomic E-state index is 0.212. The van der Waals surface area contributed by atoms with Gasteiger partial charge in [0.05, 0.1) is 16.8 Å². The predicted molar refractivity (Wildman–Crippen MR) is 99.7 cm³/mol. The van der Waals surface area contributed by atoms with Gasteiger partial charge in [-0.15, -0.1) is 11.8 Å². The molecule has 0 aliphatic rings. The number of hydrogen-bond donors (Lipinski definition) is 1. The minimum atomic E-state index is -0.212. The maximum Gasteiger partial charge on any atom is 0.196 e. The van der Waals surface area contributed by atoms with Crippen LogP contribution in [-0.4, -0.2) is 12.0 Å². The van der Waals surface area contributed by atoms with E-state index in [0.717, 1.165) is 5.39 Å². The summed E-state index contributed by atoms with van der Waals surface area (Å²) in [5.74, 6) is -0.212. The Kier molecular flexibility index (Phi) is 4.48. The van der Waals surface area contributed by atoms with Crippen molar-refractivity contribution < 1.29 is 4.79 Å². The van der Waals surface area contributed by atoms with E-state index in [2.05, 4.69) is 6.07 Å². The largest absolute Gasteiger partial charge is 0.398 e. The van der Waals surface area contributed by atoms with E-state index >= 15 is 0 Å². The second-order valence-electron chi connectivity index (χ2n) is 5.19. The Hall–Kier alpha value is -2.48. The van der Waals surface area contributed by atoms with E-state index in [9.17, 15) is 10.1 Å². The van der Waals surface area contributed by atoms with Gasteiger partial charge in [0, 0.05) is 26.3 Å². The lowest BCUT2D eigenvalue weighted by Crippen LogP contribution is -2.09. The Labute approximate surface area is 149 Å². The van der Waals surface area contributed by atoms with Crippen molar-refractivity contribution in [2.24, 2.45) is 0 Å². The van der Waals surface area contributed by atoms with Crippen LogP contribution in [0.2, 0.25) is 5.02 Å². The van der Waals surface area contributed by atoms with E-state index in [4.69, 9.17) is 17.3 Å². The Morgan fingerprint density at radius 1 is 1.12 bits per heavy atom. The zero-order valence-corrected chi connectivity index (χ0v) is 14.4. The van der Waals surface area contributed by atoms with Crippen LogP contribution in [0.5, 0.6) is 0 Å². The van der Waals surface area contributed by atoms with Gasteiger partial charge in [-0.05, 0) is 30.5 Å². The normalized spacial score (nSPS) is 10.5. The van der Waals surface area contributed by atoms with Crippen molar-refractivity contribution in [2.75, 3.05) is 12.0 Å². The molecule has 5 heteroatoms. The van der Waals surface area contributed by atoms with Gasteiger partial charge < -0.3 is 5.73 Å². The number of nitrogens with two attached hydrogens (primary N) is 1. The molecule has 2 N–H and O–H groups in total. The number of nitrogens with zero attached hydrogens (tertiary/aromatic N) is 1. The van der Waals surface area contributed by atoms with Gasteiger partial charge in [0.15, 0.2) is 5.78 Å². The number of benzene rings is 3. The van der Waals surface area contributed by atoms with E-state index in [1.54, 1.807) is 24.3 Å². The van der Waals surface area contributed by atoms with Gasteiger partial charge >= 0.3 is 0 Å². The average Bonchev–Trinajstić information content (AvgIpc) is 2.61. The van der Waals surface area contributed by atoms with Crippen LogP contribution in [-0.2, 0) is 0 Å². The molecule has 0 amide bonds. The molecule has 118 valence electrons. The number of hydrogen-bond acceptors (Lipinski definition) is 4. The zero-order valence-electron chi connectivity index (χ0n) is 12.8. The fraction of sp³-hybridized carbons (Fsp3) is 0.0526. The highest BCUT2D eigenvalue weighted by Crippen LogP contribution is 2.38. The zero-order chi connectivity index (χ0) is 17.3. The van der Waals surface area contributed by atoms with Gasteiger partial charge in [0.1, 0.15) is 6.07 Å². The molecule has 0 aromatic heterocycles. The third kappa shape index (κ3) is 2.62. The monoisotopic (exact) mass is 352 g/mol. The topological polar surface area (TPSA) is 66.9 Å². The van der Waals surface area contributed by atoms with Crippen LogP contribution in [0.3, 0.4) is 0 Å². The first kappa shape index (κ1) is 16.4. The van der Waals surface area contributed by atoms with Crippen molar-refractivity contribution in [2.45, 2.75) is 4.90 Å². The van der Waals surface area contributed by atoms with Crippen LogP contribution >= 0.6 is 23.4 Å². The number of carbonyl (C=O) groups excluding carboxylic acids is 1. The molecule has 24 heavy (non-hydrogen) atoms. The number of carbonyl (C=O) groups is 1. The van der Waals surface area contributed by atoms with Gasteiger partial charge in [-0.25, -0.2) is 0 Å². The number of ketones is 1. The highest BCUT2D eigenvalue weighted by Gasteiger charge is 2.23. The average molecular weight is 353 g/mol. The van der Waals surface area contributed by atoms with Crippen molar-refractivity contribution in [1.29, 1.82) is 5.26 Å². The molecule has 3 nitrogen and oxygen atoms in total. The lowest BCUT2D eigenvalue weighted by Gasteiger charge is -2.15. The molecule has 0 spiro atoms. The summed E-state index contributed by atoms with van der Waals surface area (Å²) in [6.07, 6.45) is 1.84. The van der Waals surface area contributed by atoms with Crippen molar-refractivity contribution in [3.63, 3.8) is 0 Å². The number of rotatable bonds is 3. The summed E-state index contributed by atoms with van der Waals surface area (Å²) in [4.78, 5) is 13.6. The molecule has 0 aliphatic heterocycles. The molecule has 0 heterocycles. The molecule has 3 aromatic rings. The van der Waals surface area contributed by atoms with Crippen molar-refractivity contribution in [1.82, 2.24) is 0 Å². The molecule has 0 saturated heterocycles. The van der Waals surface area contributed by atoms with Crippen molar-refractivity contribution in [3.05, 3.63) is 70.2 Å². The molecular weight excluding hydrogens is 340 g/mol. The number of thioether (sulfide) groups is 1. The van der Waals surface area contributed by atoms with Crippen molar-refractivity contribution >= 4 is 45.6 Å². The molecule has 0 radical (unpaired) electrons. The minimum Gasteiger partial charge on any atom is -0.398 e. The molecule has 3 aromatic carbocycles. The number of fused-ring (bicyclic) bond motifs is 1. The maximum atomic E-state index is 13.0. The number of nitrogen functional groups attached to an aromatic ring is 1. The summed E-state index contributed by atoms with van der Waals surface area (Å²) in [5.41, 5.74) is 8.05. The molecule has 3 rings (SSSR count). The molecule has 0 unspecified atom stereocenters. The Balaban J connectivity index is 2.35. The summed E-state index contributed by atoms with van der Waals surface area (Å²) in [6.45, 7) is 0. The summed E-state index contributed by atoms with van der Waals surface area (Å²) in [6, 6.07) is 16.2. The molecule has 0 atom stereocenters. The summed E-state index contributed by atoms with van der Waals surface area (Å²) in [7, 11) is 0. The fourth-order valence-electron chi connectivity index (χ4n) is 2.73. The molecular formula is C19H13ClN2OS. The van der Waals surface area contributed by atoms with Gasteiger partial charge in [0.25, 0.3) is 0 Å². The standard InChI is InChI=1S/C19H13ClN2OS/c1-24-19-15(10-21)13-4-2-3-5-14(13)17(22)16(19)18(23)11-6-8-12(20)9-7-11/h2-9H,22H2,1H3. The number of anilines is 1.